The highest BCUT2D eigenvalue weighted by atomic mass is 16.5. The number of aryl methyl sites for hydroxylation is 1. The average molecular weight is 675 g/mol. The molecule has 3 aromatic rings. The SMILES string of the molecule is CCC(C)C(=O)OCCCCOc1ccc(C(=O)Cc2ccc(OC(=O)c3ccc(OCCCCOC(=O)C(C)CC)cc3)c(C)c2)cc1. The fourth-order valence-electron chi connectivity index (χ4n) is 4.56. The predicted octanol–water partition coefficient (Wildman–Crippen LogP) is 8.14. The van der Waals surface area contributed by atoms with Crippen molar-refractivity contribution in [1.29, 1.82) is 0 Å². The number of esters is 3. The summed E-state index contributed by atoms with van der Waals surface area (Å²) in [5, 5.41) is 0. The van der Waals surface area contributed by atoms with Gasteiger partial charge in [-0.1, -0.05) is 39.8 Å². The van der Waals surface area contributed by atoms with Crippen molar-refractivity contribution in [3.05, 3.63) is 89.0 Å². The zero-order chi connectivity index (χ0) is 35.6. The average Bonchev–Trinajstić information content (AvgIpc) is 3.11. The van der Waals surface area contributed by atoms with Crippen molar-refractivity contribution in [2.24, 2.45) is 11.8 Å². The summed E-state index contributed by atoms with van der Waals surface area (Å²) in [5.74, 6) is 0.712. The summed E-state index contributed by atoms with van der Waals surface area (Å²) in [5.41, 5.74) is 2.52. The van der Waals surface area contributed by atoms with Gasteiger partial charge in [-0.25, -0.2) is 4.79 Å². The van der Waals surface area contributed by atoms with Gasteiger partial charge in [-0.2, -0.15) is 0 Å². The molecule has 0 aromatic heterocycles. The molecule has 3 rings (SSSR count). The fourth-order valence-corrected chi connectivity index (χ4v) is 4.56. The standard InChI is InChI=1S/C40H50O9/c1-6-28(3)38(42)47-24-10-8-22-45-34-17-13-32(14-18-34)36(41)27-31-12-21-37(30(5)26-31)49-40(44)33-15-19-35(20-16-33)46-23-9-11-25-48-39(43)29(4)7-2/h12-21,26,28-29H,6-11,22-25,27H2,1-5H3. The van der Waals surface area contributed by atoms with Gasteiger partial charge < -0.3 is 23.7 Å². The highest BCUT2D eigenvalue weighted by Gasteiger charge is 2.14. The topological polar surface area (TPSA) is 114 Å². The molecule has 0 radical (unpaired) electrons. The van der Waals surface area contributed by atoms with Crippen LogP contribution in [-0.2, 0) is 25.5 Å². The van der Waals surface area contributed by atoms with Crippen molar-refractivity contribution < 1.29 is 42.9 Å². The zero-order valence-corrected chi connectivity index (χ0v) is 29.5. The zero-order valence-electron chi connectivity index (χ0n) is 29.5. The lowest BCUT2D eigenvalue weighted by atomic mass is 10.0. The molecule has 0 amide bonds. The minimum atomic E-state index is -0.492. The largest absolute Gasteiger partial charge is 0.494 e. The lowest BCUT2D eigenvalue weighted by Gasteiger charge is -2.11. The number of ether oxygens (including phenoxy) is 5. The van der Waals surface area contributed by atoms with Gasteiger partial charge in [0.25, 0.3) is 0 Å². The molecular weight excluding hydrogens is 624 g/mol. The van der Waals surface area contributed by atoms with Crippen molar-refractivity contribution in [2.45, 2.75) is 79.6 Å². The number of benzene rings is 3. The second-order valence-electron chi connectivity index (χ2n) is 12.2. The first-order valence-corrected chi connectivity index (χ1v) is 17.2. The van der Waals surface area contributed by atoms with Gasteiger partial charge in [-0.3, -0.25) is 14.4 Å². The van der Waals surface area contributed by atoms with Crippen LogP contribution in [0, 0.1) is 18.8 Å². The molecule has 0 aliphatic heterocycles. The molecule has 9 heteroatoms. The van der Waals surface area contributed by atoms with Gasteiger partial charge in [-0.15, -0.1) is 0 Å². The molecule has 0 aliphatic rings. The smallest absolute Gasteiger partial charge is 0.343 e. The molecular formula is C40H50O9. The molecule has 0 spiro atoms. The quantitative estimate of drug-likeness (QED) is 0.0478. The number of hydrogen-bond donors (Lipinski definition) is 0. The number of hydrogen-bond acceptors (Lipinski definition) is 9. The lowest BCUT2D eigenvalue weighted by molar-refractivity contribution is -0.149. The minimum absolute atomic E-state index is 0.0360. The van der Waals surface area contributed by atoms with Crippen LogP contribution in [0.15, 0.2) is 66.7 Å². The molecule has 0 N–H and O–H groups in total. The van der Waals surface area contributed by atoms with Crippen LogP contribution >= 0.6 is 0 Å². The molecule has 2 atom stereocenters. The Morgan fingerprint density at radius 2 is 1.08 bits per heavy atom. The number of rotatable bonds is 21. The Bertz CT molecular complexity index is 1500. The van der Waals surface area contributed by atoms with Crippen LogP contribution in [0.2, 0.25) is 0 Å². The Balaban J connectivity index is 1.38. The van der Waals surface area contributed by atoms with E-state index in [0.29, 0.717) is 61.2 Å². The highest BCUT2D eigenvalue weighted by molar-refractivity contribution is 5.97. The van der Waals surface area contributed by atoms with Gasteiger partial charge in [0.2, 0.25) is 0 Å². The van der Waals surface area contributed by atoms with E-state index in [2.05, 4.69) is 0 Å². The van der Waals surface area contributed by atoms with Crippen LogP contribution in [0.1, 0.15) is 98.1 Å². The van der Waals surface area contributed by atoms with Crippen LogP contribution < -0.4 is 14.2 Å². The van der Waals surface area contributed by atoms with E-state index in [1.807, 2.05) is 40.7 Å². The third-order valence-corrected chi connectivity index (χ3v) is 8.21. The molecule has 9 nitrogen and oxygen atoms in total. The summed E-state index contributed by atoms with van der Waals surface area (Å²) < 4.78 is 27.6. The van der Waals surface area contributed by atoms with Gasteiger partial charge in [0.1, 0.15) is 17.2 Å². The number of Topliss-reactive ketones (excluding diaryl/α,β-unsaturated/α-hetero) is 1. The van der Waals surface area contributed by atoms with Crippen molar-refractivity contribution in [2.75, 3.05) is 26.4 Å². The normalized spacial score (nSPS) is 12.0. The third-order valence-electron chi connectivity index (χ3n) is 8.21. The van der Waals surface area contributed by atoms with Crippen molar-refractivity contribution in [3.8, 4) is 17.2 Å². The number of unbranched alkanes of at least 4 members (excludes halogenated alkanes) is 2. The molecule has 0 heterocycles. The first-order valence-electron chi connectivity index (χ1n) is 17.2. The minimum Gasteiger partial charge on any atom is -0.494 e. The van der Waals surface area contributed by atoms with E-state index in [1.54, 1.807) is 60.7 Å². The first-order chi connectivity index (χ1) is 23.6. The maximum Gasteiger partial charge on any atom is 0.343 e. The lowest BCUT2D eigenvalue weighted by Crippen LogP contribution is -2.15. The maximum atomic E-state index is 12.9. The molecule has 0 saturated heterocycles. The molecule has 264 valence electrons. The Morgan fingerprint density at radius 1 is 0.612 bits per heavy atom. The molecule has 49 heavy (non-hydrogen) atoms. The molecule has 0 aliphatic carbocycles. The number of carbonyl (C=O) groups is 4. The van der Waals surface area contributed by atoms with E-state index in [9.17, 15) is 19.2 Å². The van der Waals surface area contributed by atoms with E-state index in [-0.39, 0.29) is 36.0 Å². The molecule has 0 saturated carbocycles. The van der Waals surface area contributed by atoms with E-state index in [1.165, 1.54) is 0 Å². The van der Waals surface area contributed by atoms with Crippen LogP contribution in [-0.4, -0.2) is 50.1 Å². The summed E-state index contributed by atoms with van der Waals surface area (Å²) in [7, 11) is 0. The van der Waals surface area contributed by atoms with Gasteiger partial charge in [-0.05, 0) is 111 Å². The number of ketones is 1. The van der Waals surface area contributed by atoms with Crippen LogP contribution in [0.4, 0.5) is 0 Å². The summed E-state index contributed by atoms with van der Waals surface area (Å²) in [6.45, 7) is 11.2. The summed E-state index contributed by atoms with van der Waals surface area (Å²) in [6, 6.07) is 19.1. The number of carbonyl (C=O) groups excluding carboxylic acids is 4. The van der Waals surface area contributed by atoms with Gasteiger partial charge in [0, 0.05) is 12.0 Å². The molecule has 0 bridgehead atoms. The summed E-state index contributed by atoms with van der Waals surface area (Å²) in [6.07, 6.45) is 4.66. The molecule has 0 fully saturated rings. The van der Waals surface area contributed by atoms with Crippen molar-refractivity contribution in [3.63, 3.8) is 0 Å². The van der Waals surface area contributed by atoms with E-state index in [4.69, 9.17) is 23.7 Å². The first kappa shape index (κ1) is 38.8. The Kier molecular flexibility index (Phi) is 16.3. The molecule has 3 aromatic carbocycles. The fraction of sp³-hybridized carbons (Fsp3) is 0.450. The Hall–Kier alpha value is -4.66. The van der Waals surface area contributed by atoms with Crippen molar-refractivity contribution >= 4 is 23.7 Å². The third kappa shape index (κ3) is 13.4. The van der Waals surface area contributed by atoms with Gasteiger partial charge in [0.05, 0.1) is 43.8 Å². The van der Waals surface area contributed by atoms with Crippen LogP contribution in [0.25, 0.3) is 0 Å². The second kappa shape index (κ2) is 20.6. The monoisotopic (exact) mass is 674 g/mol. The Morgan fingerprint density at radius 3 is 1.55 bits per heavy atom. The summed E-state index contributed by atoms with van der Waals surface area (Å²) >= 11 is 0. The Labute approximate surface area is 290 Å². The highest BCUT2D eigenvalue weighted by Crippen LogP contribution is 2.23. The van der Waals surface area contributed by atoms with Crippen LogP contribution in [0.3, 0.4) is 0 Å². The van der Waals surface area contributed by atoms with Gasteiger partial charge >= 0.3 is 17.9 Å². The van der Waals surface area contributed by atoms with Crippen molar-refractivity contribution in [1.82, 2.24) is 0 Å². The van der Waals surface area contributed by atoms with E-state index in [0.717, 1.165) is 43.2 Å². The van der Waals surface area contributed by atoms with Gasteiger partial charge in [0.15, 0.2) is 5.78 Å². The van der Waals surface area contributed by atoms with E-state index < -0.39 is 5.97 Å². The second-order valence-corrected chi connectivity index (χ2v) is 12.2. The maximum absolute atomic E-state index is 12.9. The molecule has 2 unspecified atom stereocenters. The summed E-state index contributed by atoms with van der Waals surface area (Å²) in [4.78, 5) is 49.2. The predicted molar refractivity (Wildman–Crippen MR) is 187 cm³/mol. The van der Waals surface area contributed by atoms with Crippen LogP contribution in [0.5, 0.6) is 17.2 Å². The van der Waals surface area contributed by atoms with E-state index >= 15 is 0 Å².